The van der Waals surface area contributed by atoms with Crippen LogP contribution in [-0.2, 0) is 4.74 Å². The maximum Gasteiger partial charge on any atom is 0.337 e. The molecule has 1 aliphatic carbocycles. The highest BCUT2D eigenvalue weighted by atomic mass is 35.5. The Balaban J connectivity index is 0.00000145. The fraction of sp³-hybridized carbons (Fsp3) is 0.417. The summed E-state index contributed by atoms with van der Waals surface area (Å²) < 4.78 is 4.76. The molecule has 3 rings (SSSR count). The number of carbonyl (C=O) groups excluding carboxylic acids is 1. The number of esters is 1. The fourth-order valence-electron chi connectivity index (χ4n) is 3.75. The number of methoxy groups -OCH3 is 1. The third-order valence-electron chi connectivity index (χ3n) is 5.23. The quantitative estimate of drug-likeness (QED) is 0.399. The molecule has 0 heterocycles. The van der Waals surface area contributed by atoms with Crippen LogP contribution in [0.3, 0.4) is 0 Å². The van der Waals surface area contributed by atoms with Crippen molar-refractivity contribution in [1.29, 1.82) is 0 Å². The van der Waals surface area contributed by atoms with Gasteiger partial charge in [0.1, 0.15) is 0 Å². The number of anilines is 1. The highest BCUT2D eigenvalue weighted by molar-refractivity contribution is 7.80. The smallest absolute Gasteiger partial charge is 0.337 e. The summed E-state index contributed by atoms with van der Waals surface area (Å²) in [6.45, 7) is 4.00. The van der Waals surface area contributed by atoms with Gasteiger partial charge in [0, 0.05) is 17.1 Å². The van der Waals surface area contributed by atoms with Crippen molar-refractivity contribution in [1.82, 2.24) is 0 Å². The van der Waals surface area contributed by atoms with Crippen molar-refractivity contribution in [3.05, 3.63) is 64.7 Å². The molecule has 2 aromatic rings. The molecule has 0 aliphatic heterocycles. The lowest BCUT2D eigenvalue weighted by atomic mass is 9.77. The van der Waals surface area contributed by atoms with Gasteiger partial charge in [-0.25, -0.2) is 4.79 Å². The average molecular weight is 432 g/mol. The van der Waals surface area contributed by atoms with E-state index in [0.29, 0.717) is 22.4 Å². The molecule has 0 atom stereocenters. The summed E-state index contributed by atoms with van der Waals surface area (Å²) >= 11 is 11.6. The van der Waals surface area contributed by atoms with Gasteiger partial charge in [-0.3, -0.25) is 0 Å². The number of ether oxygens (including phenoxy) is 1. The topological polar surface area (TPSA) is 38.3 Å². The zero-order valence-electron chi connectivity index (χ0n) is 17.4. The molecule has 1 saturated carbocycles. The SMILES string of the molecule is CC.COC(=O)c1ccc(C2CCC(CC(=S)Nc3cccc(Cl)c3)CC2)cc1. The van der Waals surface area contributed by atoms with Crippen LogP contribution in [0.2, 0.25) is 5.02 Å². The van der Waals surface area contributed by atoms with Crippen LogP contribution in [-0.4, -0.2) is 18.1 Å². The number of nitrogens with one attached hydrogen (secondary N) is 1. The van der Waals surface area contributed by atoms with Gasteiger partial charge in [0.05, 0.1) is 17.7 Å². The lowest BCUT2D eigenvalue weighted by molar-refractivity contribution is 0.0600. The van der Waals surface area contributed by atoms with Crippen LogP contribution in [0.4, 0.5) is 5.69 Å². The molecular weight excluding hydrogens is 402 g/mol. The third-order valence-corrected chi connectivity index (χ3v) is 5.74. The second kappa shape index (κ2) is 11.9. The van der Waals surface area contributed by atoms with Crippen molar-refractivity contribution in [3.63, 3.8) is 0 Å². The van der Waals surface area contributed by atoms with Crippen LogP contribution < -0.4 is 5.32 Å². The predicted molar refractivity (Wildman–Crippen MR) is 126 cm³/mol. The van der Waals surface area contributed by atoms with E-state index in [9.17, 15) is 4.79 Å². The van der Waals surface area contributed by atoms with Gasteiger partial charge in [-0.15, -0.1) is 0 Å². The van der Waals surface area contributed by atoms with Gasteiger partial charge in [-0.1, -0.05) is 55.9 Å². The first-order valence-corrected chi connectivity index (χ1v) is 11.1. The summed E-state index contributed by atoms with van der Waals surface area (Å²) in [5, 5.41) is 4.01. The number of rotatable bonds is 5. The summed E-state index contributed by atoms with van der Waals surface area (Å²) in [6.07, 6.45) is 5.56. The van der Waals surface area contributed by atoms with E-state index < -0.39 is 0 Å². The number of benzene rings is 2. The summed E-state index contributed by atoms with van der Waals surface area (Å²) in [5.74, 6) is 0.892. The molecule has 5 heteroatoms. The van der Waals surface area contributed by atoms with Crippen LogP contribution in [0.25, 0.3) is 0 Å². The molecule has 29 heavy (non-hydrogen) atoms. The second-order valence-electron chi connectivity index (χ2n) is 7.09. The van der Waals surface area contributed by atoms with Gasteiger partial charge in [-0.2, -0.15) is 0 Å². The Morgan fingerprint density at radius 2 is 1.76 bits per heavy atom. The minimum atomic E-state index is -0.286. The van der Waals surface area contributed by atoms with Crippen molar-refractivity contribution in [2.24, 2.45) is 5.92 Å². The molecule has 0 unspecified atom stereocenters. The van der Waals surface area contributed by atoms with Crippen molar-refractivity contribution >= 4 is 40.5 Å². The van der Waals surface area contributed by atoms with E-state index in [1.807, 2.05) is 50.2 Å². The lowest BCUT2D eigenvalue weighted by Gasteiger charge is -2.29. The number of carbonyl (C=O) groups is 1. The van der Waals surface area contributed by atoms with Gasteiger partial charge in [-0.05, 0) is 73.4 Å². The largest absolute Gasteiger partial charge is 0.465 e. The summed E-state index contributed by atoms with van der Waals surface area (Å²) in [4.78, 5) is 12.4. The van der Waals surface area contributed by atoms with E-state index in [4.69, 9.17) is 28.6 Å². The highest BCUT2D eigenvalue weighted by Crippen LogP contribution is 2.37. The van der Waals surface area contributed by atoms with Crippen LogP contribution in [0.15, 0.2) is 48.5 Å². The number of halogens is 1. The minimum absolute atomic E-state index is 0.286. The normalized spacial score (nSPS) is 18.2. The standard InChI is InChI=1S/C22H24ClNO2S.C2H6/c1-26-22(25)18-11-9-17(10-12-18)16-7-5-15(6-8-16)13-21(27)24-20-4-2-3-19(23)14-20;1-2/h2-4,9-12,14-16H,5-8,13H2,1H3,(H,24,27);1-2H3. The predicted octanol–water partition coefficient (Wildman–Crippen LogP) is 7.26. The molecule has 0 spiro atoms. The molecular formula is C24H30ClNO2S. The molecule has 1 N–H and O–H groups in total. The van der Waals surface area contributed by atoms with Crippen molar-refractivity contribution in [2.75, 3.05) is 12.4 Å². The Labute approximate surface area is 184 Å². The van der Waals surface area contributed by atoms with E-state index in [1.54, 1.807) is 0 Å². The monoisotopic (exact) mass is 431 g/mol. The molecule has 3 nitrogen and oxygen atoms in total. The van der Waals surface area contributed by atoms with Gasteiger partial charge in [0.25, 0.3) is 0 Å². The Bertz CT molecular complexity index is 799. The van der Waals surface area contributed by atoms with Gasteiger partial charge >= 0.3 is 5.97 Å². The average Bonchev–Trinajstić information content (AvgIpc) is 2.75. The maximum atomic E-state index is 11.5. The minimum Gasteiger partial charge on any atom is -0.465 e. The molecule has 0 aromatic heterocycles. The van der Waals surface area contributed by atoms with E-state index >= 15 is 0 Å². The van der Waals surface area contributed by atoms with E-state index in [0.717, 1.165) is 29.9 Å². The highest BCUT2D eigenvalue weighted by Gasteiger charge is 2.23. The van der Waals surface area contributed by atoms with Crippen molar-refractivity contribution in [2.45, 2.75) is 51.9 Å². The first kappa shape index (κ1) is 23.4. The third kappa shape index (κ3) is 7.13. The Morgan fingerprint density at radius 3 is 2.34 bits per heavy atom. The van der Waals surface area contributed by atoms with Crippen molar-refractivity contribution in [3.8, 4) is 0 Å². The van der Waals surface area contributed by atoms with E-state index in [-0.39, 0.29) is 5.97 Å². The maximum absolute atomic E-state index is 11.5. The molecule has 1 fully saturated rings. The van der Waals surface area contributed by atoms with Crippen LogP contribution in [0, 0.1) is 5.92 Å². The second-order valence-corrected chi connectivity index (χ2v) is 8.02. The van der Waals surface area contributed by atoms with Crippen LogP contribution in [0.1, 0.15) is 67.8 Å². The van der Waals surface area contributed by atoms with E-state index in [1.165, 1.54) is 25.5 Å². The summed E-state index contributed by atoms with van der Waals surface area (Å²) in [7, 11) is 1.41. The molecule has 0 saturated heterocycles. The molecule has 0 amide bonds. The molecule has 1 aliphatic rings. The van der Waals surface area contributed by atoms with Gasteiger partial charge < -0.3 is 10.1 Å². The number of hydrogen-bond donors (Lipinski definition) is 1. The summed E-state index contributed by atoms with van der Waals surface area (Å²) in [5.41, 5.74) is 2.86. The first-order chi connectivity index (χ1) is 14.0. The van der Waals surface area contributed by atoms with Crippen LogP contribution in [0.5, 0.6) is 0 Å². The van der Waals surface area contributed by atoms with Gasteiger partial charge in [0.2, 0.25) is 0 Å². The Kier molecular flexibility index (Phi) is 9.62. The number of thiocarbonyl (C=S) groups is 1. The number of hydrogen-bond acceptors (Lipinski definition) is 3. The molecule has 0 bridgehead atoms. The van der Waals surface area contributed by atoms with Crippen molar-refractivity contribution < 1.29 is 9.53 Å². The first-order valence-electron chi connectivity index (χ1n) is 10.3. The Hall–Kier alpha value is -1.91. The lowest BCUT2D eigenvalue weighted by Crippen LogP contribution is -2.19. The van der Waals surface area contributed by atoms with Crippen LogP contribution >= 0.6 is 23.8 Å². The molecule has 2 aromatic carbocycles. The summed E-state index contributed by atoms with van der Waals surface area (Å²) in [6, 6.07) is 15.5. The fourth-order valence-corrected chi connectivity index (χ4v) is 4.29. The zero-order valence-corrected chi connectivity index (χ0v) is 19.0. The molecule has 0 radical (unpaired) electrons. The zero-order chi connectivity index (χ0) is 21.2. The van der Waals surface area contributed by atoms with E-state index in [2.05, 4.69) is 17.4 Å². The van der Waals surface area contributed by atoms with Gasteiger partial charge in [0.15, 0.2) is 0 Å². The Morgan fingerprint density at radius 1 is 1.10 bits per heavy atom. The molecule has 156 valence electrons.